The van der Waals surface area contributed by atoms with E-state index in [0.717, 1.165) is 53.5 Å². The third-order valence-electron chi connectivity index (χ3n) is 3.84. The fourth-order valence-corrected chi connectivity index (χ4v) is 2.86. The monoisotopic (exact) mass is 251 g/mol. The Hall–Kier alpha value is -2.23. The summed E-state index contributed by atoms with van der Waals surface area (Å²) in [6.07, 6.45) is 5.56. The van der Waals surface area contributed by atoms with Crippen LogP contribution in [0.4, 0.5) is 0 Å². The predicted molar refractivity (Wildman–Crippen MR) is 73.4 cm³/mol. The maximum absolute atomic E-state index is 12.5. The maximum atomic E-state index is 12.5. The van der Waals surface area contributed by atoms with Gasteiger partial charge in [-0.1, -0.05) is 12.1 Å². The van der Waals surface area contributed by atoms with Gasteiger partial charge in [0.05, 0.1) is 11.2 Å². The summed E-state index contributed by atoms with van der Waals surface area (Å²) < 4.78 is 1.59. The van der Waals surface area contributed by atoms with Gasteiger partial charge >= 0.3 is 0 Å². The second-order valence-corrected chi connectivity index (χ2v) is 5.00. The Morgan fingerprint density at radius 1 is 1.11 bits per heavy atom. The van der Waals surface area contributed by atoms with Gasteiger partial charge in [0.2, 0.25) is 0 Å². The van der Waals surface area contributed by atoms with Crippen LogP contribution in [0.1, 0.15) is 24.1 Å². The van der Waals surface area contributed by atoms with Crippen LogP contribution in [0.5, 0.6) is 0 Å². The average molecular weight is 251 g/mol. The van der Waals surface area contributed by atoms with Crippen molar-refractivity contribution in [3.63, 3.8) is 0 Å². The standard InChI is InChI=1S/C15H13N3O/c19-15-11-6-2-4-8-13(11)17-14-10-5-1-3-7-12(10)16-9-18(14)15/h1,3,5,7,9H,2,4,6,8H2. The van der Waals surface area contributed by atoms with E-state index in [2.05, 4.69) is 4.98 Å². The normalized spacial score (nSPS) is 14.7. The quantitative estimate of drug-likeness (QED) is 0.575. The van der Waals surface area contributed by atoms with E-state index >= 15 is 0 Å². The van der Waals surface area contributed by atoms with Crippen LogP contribution in [0, 0.1) is 0 Å². The Morgan fingerprint density at radius 2 is 1.95 bits per heavy atom. The van der Waals surface area contributed by atoms with Crippen molar-refractivity contribution in [2.45, 2.75) is 25.7 Å². The minimum Gasteiger partial charge on any atom is -0.269 e. The first-order chi connectivity index (χ1) is 9.34. The lowest BCUT2D eigenvalue weighted by atomic mass is 9.97. The van der Waals surface area contributed by atoms with Gasteiger partial charge in [0.1, 0.15) is 6.33 Å². The van der Waals surface area contributed by atoms with Crippen molar-refractivity contribution in [1.29, 1.82) is 0 Å². The van der Waals surface area contributed by atoms with Crippen molar-refractivity contribution in [2.24, 2.45) is 0 Å². The second kappa shape index (κ2) is 3.88. The molecule has 1 aliphatic rings. The highest BCUT2D eigenvalue weighted by Gasteiger charge is 2.17. The largest absolute Gasteiger partial charge is 0.269 e. The fraction of sp³-hybridized carbons (Fsp3) is 0.267. The molecule has 4 heteroatoms. The molecule has 0 aliphatic heterocycles. The first-order valence-electron chi connectivity index (χ1n) is 6.62. The molecule has 0 spiro atoms. The zero-order valence-corrected chi connectivity index (χ0v) is 10.5. The summed E-state index contributed by atoms with van der Waals surface area (Å²) in [7, 11) is 0. The van der Waals surface area contributed by atoms with Gasteiger partial charge in [-0.15, -0.1) is 0 Å². The Kier molecular flexibility index (Phi) is 2.18. The third kappa shape index (κ3) is 1.49. The number of aryl methyl sites for hydroxylation is 1. The molecule has 0 saturated carbocycles. The first kappa shape index (κ1) is 10.7. The van der Waals surface area contributed by atoms with E-state index in [-0.39, 0.29) is 5.56 Å². The van der Waals surface area contributed by atoms with Gasteiger partial charge in [-0.05, 0) is 37.8 Å². The number of aromatic nitrogens is 3. The molecule has 0 unspecified atom stereocenters. The maximum Gasteiger partial charge on any atom is 0.262 e. The SMILES string of the molecule is O=c1c2c(nc3c4ccccc4ncn13)CCCC2. The van der Waals surface area contributed by atoms with Crippen molar-refractivity contribution in [1.82, 2.24) is 14.4 Å². The zero-order valence-electron chi connectivity index (χ0n) is 10.5. The molecule has 3 aromatic rings. The number of hydrogen-bond acceptors (Lipinski definition) is 3. The van der Waals surface area contributed by atoms with Crippen molar-refractivity contribution < 1.29 is 0 Å². The molecule has 0 amide bonds. The topological polar surface area (TPSA) is 47.3 Å². The molecule has 19 heavy (non-hydrogen) atoms. The van der Waals surface area contributed by atoms with Crippen LogP contribution in [0.2, 0.25) is 0 Å². The van der Waals surface area contributed by atoms with Gasteiger partial charge in [0, 0.05) is 10.9 Å². The van der Waals surface area contributed by atoms with E-state index in [0.29, 0.717) is 0 Å². The average Bonchev–Trinajstić information content (AvgIpc) is 2.47. The molecule has 2 aromatic heterocycles. The highest BCUT2D eigenvalue weighted by atomic mass is 16.1. The summed E-state index contributed by atoms with van der Waals surface area (Å²) in [5.74, 6) is 0. The number of benzene rings is 1. The lowest BCUT2D eigenvalue weighted by Crippen LogP contribution is -2.25. The predicted octanol–water partition coefficient (Wildman–Crippen LogP) is 2.12. The van der Waals surface area contributed by atoms with Crippen molar-refractivity contribution in [3.8, 4) is 0 Å². The highest BCUT2D eigenvalue weighted by Crippen LogP contribution is 2.20. The van der Waals surface area contributed by atoms with Crippen molar-refractivity contribution in [3.05, 3.63) is 52.2 Å². The van der Waals surface area contributed by atoms with Crippen LogP contribution < -0.4 is 5.56 Å². The van der Waals surface area contributed by atoms with Gasteiger partial charge in [0.25, 0.3) is 5.56 Å². The van der Waals surface area contributed by atoms with Crippen LogP contribution in [-0.2, 0) is 12.8 Å². The highest BCUT2D eigenvalue weighted by molar-refractivity contribution is 5.90. The number of hydrogen-bond donors (Lipinski definition) is 0. The number of fused-ring (bicyclic) bond motifs is 4. The fourth-order valence-electron chi connectivity index (χ4n) is 2.86. The smallest absolute Gasteiger partial charge is 0.262 e. The van der Waals surface area contributed by atoms with Gasteiger partial charge < -0.3 is 0 Å². The molecule has 1 aliphatic carbocycles. The van der Waals surface area contributed by atoms with Crippen LogP contribution >= 0.6 is 0 Å². The molecule has 0 fully saturated rings. The summed E-state index contributed by atoms with van der Waals surface area (Å²) in [5.41, 5.74) is 3.52. The zero-order chi connectivity index (χ0) is 12.8. The summed E-state index contributed by atoms with van der Waals surface area (Å²) in [5, 5.41) is 0.940. The molecule has 4 rings (SSSR count). The molecule has 0 atom stereocenters. The molecular formula is C15H13N3O. The van der Waals surface area contributed by atoms with Gasteiger partial charge in [0.15, 0.2) is 5.65 Å². The number of nitrogens with zero attached hydrogens (tertiary/aromatic N) is 3. The van der Waals surface area contributed by atoms with Gasteiger partial charge in [-0.2, -0.15) is 0 Å². The molecule has 94 valence electrons. The number of para-hydroxylation sites is 1. The molecule has 0 saturated heterocycles. The first-order valence-corrected chi connectivity index (χ1v) is 6.62. The molecular weight excluding hydrogens is 238 g/mol. The lowest BCUT2D eigenvalue weighted by molar-refractivity contribution is 0.656. The van der Waals surface area contributed by atoms with Crippen LogP contribution in [0.25, 0.3) is 16.6 Å². The second-order valence-electron chi connectivity index (χ2n) is 5.00. The van der Waals surface area contributed by atoms with E-state index in [1.54, 1.807) is 10.7 Å². The lowest BCUT2D eigenvalue weighted by Gasteiger charge is -2.15. The minimum absolute atomic E-state index is 0.0537. The summed E-state index contributed by atoms with van der Waals surface area (Å²) >= 11 is 0. The minimum atomic E-state index is 0.0537. The van der Waals surface area contributed by atoms with E-state index in [9.17, 15) is 4.79 Å². The van der Waals surface area contributed by atoms with E-state index in [1.165, 1.54) is 0 Å². The Labute approximate surface area is 109 Å². The molecule has 4 nitrogen and oxygen atoms in total. The van der Waals surface area contributed by atoms with Gasteiger partial charge in [-0.3, -0.25) is 4.79 Å². The molecule has 0 bridgehead atoms. The van der Waals surface area contributed by atoms with Crippen molar-refractivity contribution in [2.75, 3.05) is 0 Å². The van der Waals surface area contributed by atoms with Crippen LogP contribution in [0.15, 0.2) is 35.4 Å². The Bertz CT molecular complexity index is 851. The third-order valence-corrected chi connectivity index (χ3v) is 3.84. The molecule has 2 heterocycles. The summed E-state index contributed by atoms with van der Waals surface area (Å²) in [4.78, 5) is 21.6. The van der Waals surface area contributed by atoms with E-state index in [1.807, 2.05) is 24.3 Å². The molecule has 1 aromatic carbocycles. The Balaban J connectivity index is 2.21. The molecule has 0 N–H and O–H groups in total. The van der Waals surface area contributed by atoms with Crippen LogP contribution in [0.3, 0.4) is 0 Å². The van der Waals surface area contributed by atoms with Crippen molar-refractivity contribution >= 4 is 16.6 Å². The Morgan fingerprint density at radius 3 is 2.89 bits per heavy atom. The van der Waals surface area contributed by atoms with E-state index < -0.39 is 0 Å². The molecule has 0 radical (unpaired) electrons. The summed E-state index contributed by atoms with van der Waals surface area (Å²) in [6, 6.07) is 7.82. The summed E-state index contributed by atoms with van der Waals surface area (Å²) in [6.45, 7) is 0. The van der Waals surface area contributed by atoms with Gasteiger partial charge in [-0.25, -0.2) is 14.4 Å². The number of rotatable bonds is 0. The van der Waals surface area contributed by atoms with Crippen LogP contribution in [-0.4, -0.2) is 14.4 Å². The van der Waals surface area contributed by atoms with E-state index in [4.69, 9.17) is 4.98 Å².